The molecule has 0 aromatic heterocycles. The lowest BCUT2D eigenvalue weighted by atomic mass is 10.0. The Morgan fingerprint density at radius 3 is 2.61 bits per heavy atom. The molecular weight excluding hydrogens is 286 g/mol. The molecular formula is C19H31N3O. The number of aryl methyl sites for hydroxylation is 1. The SMILES string of the molecule is CCNC(=NCC(C)c1ccc(C)cc1)NCC1CCCC1O. The van der Waals surface area contributed by atoms with Crippen molar-refractivity contribution in [3.05, 3.63) is 35.4 Å². The standard InChI is InChI=1S/C19H31N3O/c1-4-20-19(22-13-17-6-5-7-18(17)23)21-12-15(3)16-10-8-14(2)9-11-16/h8-11,15,17-18,23H,4-7,12-13H2,1-3H3,(H2,20,21,22). The molecule has 0 spiro atoms. The van der Waals surface area contributed by atoms with Crippen LogP contribution in [0.25, 0.3) is 0 Å². The van der Waals surface area contributed by atoms with Crippen LogP contribution in [-0.4, -0.2) is 36.8 Å². The molecule has 23 heavy (non-hydrogen) atoms. The zero-order chi connectivity index (χ0) is 16.7. The monoisotopic (exact) mass is 317 g/mol. The number of nitrogens with one attached hydrogen (secondary N) is 2. The Labute approximate surface area is 140 Å². The summed E-state index contributed by atoms with van der Waals surface area (Å²) in [5.74, 6) is 1.60. The highest BCUT2D eigenvalue weighted by Gasteiger charge is 2.24. The number of guanidine groups is 1. The van der Waals surface area contributed by atoms with Crippen molar-refractivity contribution in [2.75, 3.05) is 19.6 Å². The van der Waals surface area contributed by atoms with E-state index in [1.165, 1.54) is 11.1 Å². The molecule has 3 N–H and O–H groups in total. The van der Waals surface area contributed by atoms with Gasteiger partial charge in [-0.05, 0) is 32.3 Å². The first-order valence-corrected chi connectivity index (χ1v) is 8.87. The number of rotatable bonds is 6. The number of nitrogens with zero attached hydrogens (tertiary/aromatic N) is 1. The number of benzene rings is 1. The van der Waals surface area contributed by atoms with Crippen LogP contribution < -0.4 is 10.6 Å². The maximum absolute atomic E-state index is 9.92. The van der Waals surface area contributed by atoms with Gasteiger partial charge < -0.3 is 15.7 Å². The third-order valence-electron chi connectivity index (χ3n) is 4.66. The van der Waals surface area contributed by atoms with Crippen LogP contribution in [0, 0.1) is 12.8 Å². The lowest BCUT2D eigenvalue weighted by molar-refractivity contribution is 0.134. The number of aliphatic imine (C=N–C) groups is 1. The molecule has 1 fully saturated rings. The zero-order valence-electron chi connectivity index (χ0n) is 14.7. The third-order valence-corrected chi connectivity index (χ3v) is 4.66. The van der Waals surface area contributed by atoms with Crippen molar-refractivity contribution in [3.63, 3.8) is 0 Å². The fourth-order valence-corrected chi connectivity index (χ4v) is 3.05. The molecule has 4 nitrogen and oxygen atoms in total. The second-order valence-corrected chi connectivity index (χ2v) is 6.67. The van der Waals surface area contributed by atoms with Gasteiger partial charge in [0.25, 0.3) is 0 Å². The Morgan fingerprint density at radius 1 is 1.26 bits per heavy atom. The fourth-order valence-electron chi connectivity index (χ4n) is 3.05. The van der Waals surface area contributed by atoms with E-state index in [2.05, 4.69) is 55.7 Å². The number of hydrogen-bond donors (Lipinski definition) is 3. The first kappa shape index (κ1) is 17.8. The summed E-state index contributed by atoms with van der Waals surface area (Å²) in [5.41, 5.74) is 2.61. The zero-order valence-corrected chi connectivity index (χ0v) is 14.7. The minimum absolute atomic E-state index is 0.156. The van der Waals surface area contributed by atoms with Gasteiger partial charge in [-0.1, -0.05) is 43.2 Å². The minimum atomic E-state index is -0.156. The van der Waals surface area contributed by atoms with Crippen LogP contribution in [0.15, 0.2) is 29.3 Å². The Bertz CT molecular complexity index is 498. The van der Waals surface area contributed by atoms with E-state index < -0.39 is 0 Å². The second kappa shape index (κ2) is 8.92. The molecule has 0 saturated heterocycles. The number of aliphatic hydroxyl groups is 1. The number of hydrogen-bond acceptors (Lipinski definition) is 2. The molecule has 1 saturated carbocycles. The Hall–Kier alpha value is -1.55. The van der Waals surface area contributed by atoms with Crippen molar-refractivity contribution in [3.8, 4) is 0 Å². The first-order chi connectivity index (χ1) is 11.1. The molecule has 3 atom stereocenters. The summed E-state index contributed by atoms with van der Waals surface area (Å²) in [5, 5.41) is 16.6. The fraction of sp³-hybridized carbons (Fsp3) is 0.632. The van der Waals surface area contributed by atoms with E-state index in [4.69, 9.17) is 4.99 Å². The molecule has 0 aliphatic heterocycles. The second-order valence-electron chi connectivity index (χ2n) is 6.67. The van der Waals surface area contributed by atoms with Gasteiger partial charge in [-0.15, -0.1) is 0 Å². The highest BCUT2D eigenvalue weighted by atomic mass is 16.3. The lowest BCUT2D eigenvalue weighted by Gasteiger charge is -2.18. The topological polar surface area (TPSA) is 56.7 Å². The van der Waals surface area contributed by atoms with Gasteiger partial charge in [-0.3, -0.25) is 4.99 Å². The van der Waals surface area contributed by atoms with E-state index in [0.717, 1.165) is 44.9 Å². The number of aliphatic hydroxyl groups excluding tert-OH is 1. The summed E-state index contributed by atoms with van der Waals surface area (Å²) in [6.45, 7) is 8.79. The van der Waals surface area contributed by atoms with Crippen molar-refractivity contribution in [2.45, 2.75) is 52.1 Å². The van der Waals surface area contributed by atoms with Crippen molar-refractivity contribution in [1.82, 2.24) is 10.6 Å². The van der Waals surface area contributed by atoms with Gasteiger partial charge in [0.05, 0.1) is 6.10 Å². The van der Waals surface area contributed by atoms with E-state index in [0.29, 0.717) is 11.8 Å². The van der Waals surface area contributed by atoms with Crippen molar-refractivity contribution in [2.24, 2.45) is 10.9 Å². The van der Waals surface area contributed by atoms with Crippen LogP contribution >= 0.6 is 0 Å². The Morgan fingerprint density at radius 2 is 2.00 bits per heavy atom. The van der Waals surface area contributed by atoms with Gasteiger partial charge in [-0.2, -0.15) is 0 Å². The summed E-state index contributed by atoms with van der Waals surface area (Å²) in [7, 11) is 0. The van der Waals surface area contributed by atoms with Gasteiger partial charge in [0, 0.05) is 31.5 Å². The van der Waals surface area contributed by atoms with E-state index in [-0.39, 0.29) is 6.10 Å². The maximum Gasteiger partial charge on any atom is 0.191 e. The van der Waals surface area contributed by atoms with Crippen molar-refractivity contribution >= 4 is 5.96 Å². The van der Waals surface area contributed by atoms with Crippen molar-refractivity contribution < 1.29 is 5.11 Å². The Kier molecular flexibility index (Phi) is 6.90. The molecule has 2 rings (SSSR count). The smallest absolute Gasteiger partial charge is 0.191 e. The minimum Gasteiger partial charge on any atom is -0.393 e. The van der Waals surface area contributed by atoms with E-state index in [1.807, 2.05) is 0 Å². The van der Waals surface area contributed by atoms with Gasteiger partial charge >= 0.3 is 0 Å². The van der Waals surface area contributed by atoms with E-state index >= 15 is 0 Å². The highest BCUT2D eigenvalue weighted by molar-refractivity contribution is 5.79. The van der Waals surface area contributed by atoms with E-state index in [1.54, 1.807) is 0 Å². The maximum atomic E-state index is 9.92. The molecule has 1 aromatic carbocycles. The van der Waals surface area contributed by atoms with Crippen LogP contribution in [0.2, 0.25) is 0 Å². The predicted octanol–water partition coefficient (Wildman–Crippen LogP) is 2.81. The lowest BCUT2D eigenvalue weighted by Crippen LogP contribution is -2.41. The molecule has 1 aromatic rings. The summed E-state index contributed by atoms with van der Waals surface area (Å²) < 4.78 is 0. The quantitative estimate of drug-likeness (QED) is 0.558. The molecule has 1 aliphatic rings. The average Bonchev–Trinajstić information content (AvgIpc) is 2.95. The summed E-state index contributed by atoms with van der Waals surface area (Å²) in [6.07, 6.45) is 3.01. The van der Waals surface area contributed by atoms with Gasteiger partial charge in [-0.25, -0.2) is 0 Å². The van der Waals surface area contributed by atoms with E-state index in [9.17, 15) is 5.11 Å². The van der Waals surface area contributed by atoms with Gasteiger partial charge in [0.15, 0.2) is 5.96 Å². The normalized spacial score (nSPS) is 22.9. The average molecular weight is 317 g/mol. The Balaban J connectivity index is 1.88. The summed E-state index contributed by atoms with van der Waals surface area (Å²) in [6, 6.07) is 8.68. The van der Waals surface area contributed by atoms with Crippen LogP contribution in [0.5, 0.6) is 0 Å². The van der Waals surface area contributed by atoms with Crippen LogP contribution in [0.1, 0.15) is 50.2 Å². The molecule has 4 heteroatoms. The molecule has 0 bridgehead atoms. The van der Waals surface area contributed by atoms with Gasteiger partial charge in [0.1, 0.15) is 0 Å². The van der Waals surface area contributed by atoms with Crippen LogP contribution in [0.3, 0.4) is 0 Å². The highest BCUT2D eigenvalue weighted by Crippen LogP contribution is 2.24. The summed E-state index contributed by atoms with van der Waals surface area (Å²) >= 11 is 0. The van der Waals surface area contributed by atoms with Gasteiger partial charge in [0.2, 0.25) is 0 Å². The largest absolute Gasteiger partial charge is 0.393 e. The summed E-state index contributed by atoms with van der Waals surface area (Å²) in [4.78, 5) is 4.71. The first-order valence-electron chi connectivity index (χ1n) is 8.87. The molecule has 128 valence electrons. The molecule has 0 amide bonds. The molecule has 3 unspecified atom stereocenters. The van der Waals surface area contributed by atoms with Crippen LogP contribution in [0.4, 0.5) is 0 Å². The molecule has 1 aliphatic carbocycles. The van der Waals surface area contributed by atoms with Crippen LogP contribution in [-0.2, 0) is 0 Å². The predicted molar refractivity (Wildman–Crippen MR) is 96.9 cm³/mol. The molecule has 0 heterocycles. The van der Waals surface area contributed by atoms with Crippen molar-refractivity contribution in [1.29, 1.82) is 0 Å². The molecule has 0 radical (unpaired) electrons. The third kappa shape index (κ3) is 5.54.